The molecule has 3 nitrogen and oxygen atoms in total. The van der Waals surface area contributed by atoms with E-state index < -0.39 is 0 Å². The van der Waals surface area contributed by atoms with E-state index in [2.05, 4.69) is 61.3 Å². The molecule has 3 aromatic rings. The SMILES string of the molecule is Brc1ccc2ccn(CCNCc3ccccn3)c2c1. The zero-order chi connectivity index (χ0) is 13.8. The molecule has 0 saturated carbocycles. The Bertz CT molecular complexity index is 691. The number of rotatable bonds is 5. The van der Waals surface area contributed by atoms with E-state index in [4.69, 9.17) is 0 Å². The van der Waals surface area contributed by atoms with Crippen LogP contribution < -0.4 is 5.32 Å². The van der Waals surface area contributed by atoms with Crippen molar-refractivity contribution >= 4 is 26.8 Å². The highest BCUT2D eigenvalue weighted by molar-refractivity contribution is 9.10. The number of nitrogens with one attached hydrogen (secondary N) is 1. The zero-order valence-corrected chi connectivity index (χ0v) is 12.7. The smallest absolute Gasteiger partial charge is 0.0541 e. The average molecular weight is 330 g/mol. The van der Waals surface area contributed by atoms with Crippen LogP contribution in [0.3, 0.4) is 0 Å². The summed E-state index contributed by atoms with van der Waals surface area (Å²) >= 11 is 3.53. The fraction of sp³-hybridized carbons (Fsp3) is 0.188. The lowest BCUT2D eigenvalue weighted by Gasteiger charge is -2.07. The lowest BCUT2D eigenvalue weighted by atomic mass is 10.2. The van der Waals surface area contributed by atoms with E-state index in [1.807, 2.05) is 24.4 Å². The Morgan fingerprint density at radius 2 is 2.10 bits per heavy atom. The Kier molecular flexibility index (Phi) is 4.14. The monoisotopic (exact) mass is 329 g/mol. The topological polar surface area (TPSA) is 29.9 Å². The number of hydrogen-bond donors (Lipinski definition) is 1. The molecule has 0 spiro atoms. The summed E-state index contributed by atoms with van der Waals surface area (Å²) in [5.74, 6) is 0. The molecule has 0 saturated heterocycles. The predicted octanol–water partition coefficient (Wildman–Crippen LogP) is 3.59. The van der Waals surface area contributed by atoms with E-state index in [1.165, 1.54) is 10.9 Å². The third-order valence-electron chi connectivity index (χ3n) is 3.30. The maximum atomic E-state index is 4.30. The van der Waals surface area contributed by atoms with Crippen molar-refractivity contribution in [1.29, 1.82) is 0 Å². The van der Waals surface area contributed by atoms with Crippen LogP contribution in [-0.2, 0) is 13.1 Å². The maximum absolute atomic E-state index is 4.30. The van der Waals surface area contributed by atoms with E-state index in [-0.39, 0.29) is 0 Å². The molecule has 1 N–H and O–H groups in total. The van der Waals surface area contributed by atoms with E-state index >= 15 is 0 Å². The highest BCUT2D eigenvalue weighted by Crippen LogP contribution is 2.20. The molecule has 102 valence electrons. The number of aromatic nitrogens is 2. The second-order valence-electron chi connectivity index (χ2n) is 4.71. The summed E-state index contributed by atoms with van der Waals surface area (Å²) < 4.78 is 3.39. The third kappa shape index (κ3) is 3.08. The summed E-state index contributed by atoms with van der Waals surface area (Å²) in [5, 5.41) is 4.70. The van der Waals surface area contributed by atoms with E-state index in [0.717, 1.165) is 29.8 Å². The van der Waals surface area contributed by atoms with Gasteiger partial charge in [-0.05, 0) is 35.7 Å². The van der Waals surface area contributed by atoms with Crippen molar-refractivity contribution in [2.24, 2.45) is 0 Å². The van der Waals surface area contributed by atoms with Gasteiger partial charge in [0, 0.05) is 42.0 Å². The number of benzene rings is 1. The van der Waals surface area contributed by atoms with Crippen molar-refractivity contribution in [2.45, 2.75) is 13.1 Å². The standard InChI is InChI=1S/C16H16BrN3/c17-14-5-4-13-6-9-20(16(13)11-14)10-8-18-12-15-3-1-2-7-19-15/h1-7,9,11,18H,8,10,12H2. The predicted molar refractivity (Wildman–Crippen MR) is 85.6 cm³/mol. The van der Waals surface area contributed by atoms with Gasteiger partial charge in [0.25, 0.3) is 0 Å². The van der Waals surface area contributed by atoms with Gasteiger partial charge in [0.05, 0.1) is 5.69 Å². The highest BCUT2D eigenvalue weighted by Gasteiger charge is 2.01. The summed E-state index contributed by atoms with van der Waals surface area (Å²) in [5.41, 5.74) is 2.34. The fourth-order valence-electron chi connectivity index (χ4n) is 2.27. The van der Waals surface area contributed by atoms with Crippen molar-refractivity contribution < 1.29 is 0 Å². The summed E-state index contributed by atoms with van der Waals surface area (Å²) in [6.45, 7) is 2.68. The molecular weight excluding hydrogens is 314 g/mol. The van der Waals surface area contributed by atoms with Crippen LogP contribution in [0.5, 0.6) is 0 Å². The van der Waals surface area contributed by atoms with Crippen molar-refractivity contribution in [3.8, 4) is 0 Å². The van der Waals surface area contributed by atoms with Gasteiger partial charge >= 0.3 is 0 Å². The van der Waals surface area contributed by atoms with Crippen LogP contribution in [0.2, 0.25) is 0 Å². The number of hydrogen-bond acceptors (Lipinski definition) is 2. The van der Waals surface area contributed by atoms with Gasteiger partial charge in [-0.25, -0.2) is 0 Å². The summed E-state index contributed by atoms with van der Waals surface area (Å²) in [4.78, 5) is 4.30. The first kappa shape index (κ1) is 13.3. The van der Waals surface area contributed by atoms with Crippen molar-refractivity contribution in [3.05, 3.63) is 65.0 Å². The quantitative estimate of drug-likeness (QED) is 0.725. The van der Waals surface area contributed by atoms with Gasteiger partial charge in [-0.1, -0.05) is 28.1 Å². The summed E-state index contributed by atoms with van der Waals surface area (Å²) in [6, 6.07) is 14.5. The van der Waals surface area contributed by atoms with Crippen LogP contribution in [-0.4, -0.2) is 16.1 Å². The Balaban J connectivity index is 1.59. The van der Waals surface area contributed by atoms with E-state index in [1.54, 1.807) is 0 Å². The van der Waals surface area contributed by atoms with Gasteiger partial charge in [0.1, 0.15) is 0 Å². The van der Waals surface area contributed by atoms with E-state index in [0.29, 0.717) is 0 Å². The first-order chi connectivity index (χ1) is 9.83. The minimum Gasteiger partial charge on any atom is -0.346 e. The lowest BCUT2D eigenvalue weighted by Crippen LogP contribution is -2.19. The average Bonchev–Trinajstić information content (AvgIpc) is 2.87. The number of fused-ring (bicyclic) bond motifs is 1. The maximum Gasteiger partial charge on any atom is 0.0541 e. The molecule has 20 heavy (non-hydrogen) atoms. The van der Waals surface area contributed by atoms with Crippen LogP contribution in [0.4, 0.5) is 0 Å². The van der Waals surface area contributed by atoms with Gasteiger partial charge in [0.2, 0.25) is 0 Å². The van der Waals surface area contributed by atoms with Crippen LogP contribution in [0, 0.1) is 0 Å². The molecule has 0 unspecified atom stereocenters. The largest absolute Gasteiger partial charge is 0.346 e. The van der Waals surface area contributed by atoms with Crippen LogP contribution in [0.25, 0.3) is 10.9 Å². The molecule has 2 heterocycles. The van der Waals surface area contributed by atoms with Crippen molar-refractivity contribution in [3.63, 3.8) is 0 Å². The highest BCUT2D eigenvalue weighted by atomic mass is 79.9. The Hall–Kier alpha value is -1.65. The molecular formula is C16H16BrN3. The van der Waals surface area contributed by atoms with Crippen molar-refractivity contribution in [2.75, 3.05) is 6.54 Å². The molecule has 1 aromatic carbocycles. The molecule has 0 fully saturated rings. The Morgan fingerprint density at radius 1 is 1.15 bits per heavy atom. The van der Waals surface area contributed by atoms with Crippen molar-refractivity contribution in [1.82, 2.24) is 14.9 Å². The van der Waals surface area contributed by atoms with Gasteiger partial charge in [-0.2, -0.15) is 0 Å². The van der Waals surface area contributed by atoms with Gasteiger partial charge in [-0.3, -0.25) is 4.98 Å². The molecule has 0 atom stereocenters. The normalized spacial score (nSPS) is 11.1. The van der Waals surface area contributed by atoms with Crippen LogP contribution in [0.15, 0.2) is 59.3 Å². The number of nitrogens with zero attached hydrogens (tertiary/aromatic N) is 2. The molecule has 0 aliphatic carbocycles. The Labute approximate surface area is 126 Å². The summed E-state index contributed by atoms with van der Waals surface area (Å²) in [7, 11) is 0. The first-order valence-electron chi connectivity index (χ1n) is 6.68. The fourth-order valence-corrected chi connectivity index (χ4v) is 2.62. The van der Waals surface area contributed by atoms with Gasteiger partial charge in [-0.15, -0.1) is 0 Å². The lowest BCUT2D eigenvalue weighted by molar-refractivity contribution is 0.603. The molecule has 3 rings (SSSR count). The molecule has 0 radical (unpaired) electrons. The molecule has 4 heteroatoms. The number of halogens is 1. The van der Waals surface area contributed by atoms with Crippen LogP contribution >= 0.6 is 15.9 Å². The molecule has 0 bridgehead atoms. The molecule has 0 aliphatic rings. The minimum atomic E-state index is 0.809. The van der Waals surface area contributed by atoms with E-state index in [9.17, 15) is 0 Å². The molecule has 0 amide bonds. The van der Waals surface area contributed by atoms with Gasteiger partial charge in [0.15, 0.2) is 0 Å². The van der Waals surface area contributed by atoms with Gasteiger partial charge < -0.3 is 9.88 Å². The number of pyridine rings is 1. The Morgan fingerprint density at radius 3 is 2.95 bits per heavy atom. The third-order valence-corrected chi connectivity index (χ3v) is 3.79. The van der Waals surface area contributed by atoms with Crippen LogP contribution in [0.1, 0.15) is 5.69 Å². The second kappa shape index (κ2) is 6.20. The minimum absolute atomic E-state index is 0.809. The molecule has 0 aliphatic heterocycles. The second-order valence-corrected chi connectivity index (χ2v) is 5.63. The molecule has 2 aromatic heterocycles. The summed E-state index contributed by atoms with van der Waals surface area (Å²) in [6.07, 6.45) is 3.97. The first-order valence-corrected chi connectivity index (χ1v) is 7.47. The zero-order valence-electron chi connectivity index (χ0n) is 11.1.